The van der Waals surface area contributed by atoms with Gasteiger partial charge in [-0.15, -0.1) is 0 Å². The summed E-state index contributed by atoms with van der Waals surface area (Å²) < 4.78 is 22.1. The van der Waals surface area contributed by atoms with Gasteiger partial charge in [-0.05, 0) is 35.9 Å². The highest BCUT2D eigenvalue weighted by atomic mass is 16.6. The summed E-state index contributed by atoms with van der Waals surface area (Å²) >= 11 is 0. The Kier molecular flexibility index (Phi) is 4.12. The standard InChI is InChI=1S/C18H16N2O5/c21-18(17-11-24-13-3-1-2-4-15(13)25-17)20-19-10-12-5-6-14-16(9-12)23-8-7-22-14/h1-6,9-10,17H,7-8,11H2,(H,20,21)/b19-10-/t17-/m0/s1. The molecule has 7 nitrogen and oxygen atoms in total. The molecule has 7 heteroatoms. The van der Waals surface area contributed by atoms with E-state index in [4.69, 9.17) is 18.9 Å². The van der Waals surface area contributed by atoms with Gasteiger partial charge >= 0.3 is 0 Å². The Balaban J connectivity index is 1.37. The lowest BCUT2D eigenvalue weighted by atomic mass is 10.2. The van der Waals surface area contributed by atoms with Gasteiger partial charge in [0, 0.05) is 0 Å². The second-order valence-corrected chi connectivity index (χ2v) is 5.50. The van der Waals surface area contributed by atoms with Crippen LogP contribution in [0, 0.1) is 0 Å². The molecule has 4 rings (SSSR count). The molecule has 1 atom stereocenters. The van der Waals surface area contributed by atoms with Crippen molar-refractivity contribution >= 4 is 12.1 Å². The third-order valence-electron chi connectivity index (χ3n) is 3.76. The van der Waals surface area contributed by atoms with Crippen LogP contribution in [0.2, 0.25) is 0 Å². The minimum Gasteiger partial charge on any atom is -0.486 e. The van der Waals surface area contributed by atoms with Crippen molar-refractivity contribution in [2.75, 3.05) is 19.8 Å². The Hall–Kier alpha value is -3.22. The van der Waals surface area contributed by atoms with Crippen LogP contribution in [-0.4, -0.2) is 38.0 Å². The van der Waals surface area contributed by atoms with Crippen LogP contribution in [0.25, 0.3) is 0 Å². The van der Waals surface area contributed by atoms with E-state index >= 15 is 0 Å². The predicted molar refractivity (Wildman–Crippen MR) is 89.5 cm³/mol. The Labute approximate surface area is 144 Å². The van der Waals surface area contributed by atoms with E-state index in [1.165, 1.54) is 6.21 Å². The van der Waals surface area contributed by atoms with Crippen LogP contribution in [-0.2, 0) is 4.79 Å². The van der Waals surface area contributed by atoms with Crippen LogP contribution in [0.15, 0.2) is 47.6 Å². The van der Waals surface area contributed by atoms with Gasteiger partial charge in [0.15, 0.2) is 23.0 Å². The van der Waals surface area contributed by atoms with Gasteiger partial charge in [-0.2, -0.15) is 5.10 Å². The number of carbonyl (C=O) groups is 1. The molecule has 0 aromatic heterocycles. The number of amides is 1. The summed E-state index contributed by atoms with van der Waals surface area (Å²) in [6.07, 6.45) is 0.792. The van der Waals surface area contributed by atoms with Gasteiger partial charge in [-0.3, -0.25) is 4.79 Å². The molecular weight excluding hydrogens is 324 g/mol. The van der Waals surface area contributed by atoms with Crippen molar-refractivity contribution in [2.24, 2.45) is 5.10 Å². The summed E-state index contributed by atoms with van der Waals surface area (Å²) in [7, 11) is 0. The minimum atomic E-state index is -0.743. The van der Waals surface area contributed by atoms with E-state index in [1.807, 2.05) is 24.3 Å². The fourth-order valence-electron chi connectivity index (χ4n) is 2.53. The average molecular weight is 340 g/mol. The normalized spacial score (nSPS) is 18.0. The Morgan fingerprint density at radius 1 is 1.00 bits per heavy atom. The van der Waals surface area contributed by atoms with Crippen molar-refractivity contribution in [1.82, 2.24) is 5.43 Å². The molecule has 0 unspecified atom stereocenters. The minimum absolute atomic E-state index is 0.141. The lowest BCUT2D eigenvalue weighted by molar-refractivity contribution is -0.130. The van der Waals surface area contributed by atoms with Crippen molar-refractivity contribution in [3.63, 3.8) is 0 Å². The number of ether oxygens (including phenoxy) is 4. The summed E-state index contributed by atoms with van der Waals surface area (Å²) in [6.45, 7) is 1.20. The molecule has 0 fully saturated rings. The van der Waals surface area contributed by atoms with E-state index in [2.05, 4.69) is 10.5 Å². The molecule has 2 aromatic carbocycles. The second-order valence-electron chi connectivity index (χ2n) is 5.50. The fourth-order valence-corrected chi connectivity index (χ4v) is 2.53. The second kappa shape index (κ2) is 6.72. The molecule has 0 aliphatic carbocycles. The number of rotatable bonds is 3. The monoisotopic (exact) mass is 340 g/mol. The smallest absolute Gasteiger partial charge is 0.284 e. The number of para-hydroxylation sites is 2. The first-order valence-electron chi connectivity index (χ1n) is 7.91. The molecule has 0 radical (unpaired) electrons. The maximum atomic E-state index is 12.2. The van der Waals surface area contributed by atoms with Gasteiger partial charge < -0.3 is 18.9 Å². The molecule has 1 N–H and O–H groups in total. The van der Waals surface area contributed by atoms with Crippen LogP contribution in [0.3, 0.4) is 0 Å². The number of hydrogen-bond donors (Lipinski definition) is 1. The first-order valence-corrected chi connectivity index (χ1v) is 7.91. The molecule has 0 saturated heterocycles. The SMILES string of the molecule is O=C(N/N=C\c1ccc2c(c1)OCCO2)[C@@H]1COc2ccccc2O1. The first kappa shape index (κ1) is 15.3. The van der Waals surface area contributed by atoms with E-state index < -0.39 is 6.10 Å². The molecular formula is C18H16N2O5. The van der Waals surface area contributed by atoms with Crippen LogP contribution in [0.5, 0.6) is 23.0 Å². The quantitative estimate of drug-likeness (QED) is 0.680. The molecule has 0 saturated carbocycles. The van der Waals surface area contributed by atoms with E-state index in [-0.39, 0.29) is 12.5 Å². The molecule has 0 bridgehead atoms. The maximum absolute atomic E-state index is 12.2. The Bertz CT molecular complexity index is 821. The lowest BCUT2D eigenvalue weighted by Crippen LogP contribution is -2.42. The van der Waals surface area contributed by atoms with Gasteiger partial charge in [0.2, 0.25) is 6.10 Å². The Morgan fingerprint density at radius 3 is 2.64 bits per heavy atom. The Morgan fingerprint density at radius 2 is 1.76 bits per heavy atom. The zero-order valence-electron chi connectivity index (χ0n) is 13.3. The third kappa shape index (κ3) is 3.35. The van der Waals surface area contributed by atoms with Crippen LogP contribution in [0.1, 0.15) is 5.56 Å². The van der Waals surface area contributed by atoms with E-state index in [1.54, 1.807) is 18.2 Å². The third-order valence-corrected chi connectivity index (χ3v) is 3.76. The summed E-state index contributed by atoms with van der Waals surface area (Å²) in [5.74, 6) is 2.18. The summed E-state index contributed by atoms with van der Waals surface area (Å²) in [4.78, 5) is 12.2. The van der Waals surface area contributed by atoms with Crippen molar-refractivity contribution in [3.8, 4) is 23.0 Å². The molecule has 1 amide bonds. The summed E-state index contributed by atoms with van der Waals surface area (Å²) in [5.41, 5.74) is 3.25. The molecule has 0 spiro atoms. The van der Waals surface area contributed by atoms with Gasteiger partial charge in [0.05, 0.1) is 6.21 Å². The average Bonchev–Trinajstić information content (AvgIpc) is 2.67. The fraction of sp³-hybridized carbons (Fsp3) is 0.222. The highest BCUT2D eigenvalue weighted by Gasteiger charge is 2.27. The maximum Gasteiger partial charge on any atom is 0.284 e. The number of nitrogens with one attached hydrogen (secondary N) is 1. The molecule has 128 valence electrons. The number of hydrogen-bond acceptors (Lipinski definition) is 6. The van der Waals surface area contributed by atoms with Crippen molar-refractivity contribution in [2.45, 2.75) is 6.10 Å². The van der Waals surface area contributed by atoms with E-state index in [0.29, 0.717) is 36.2 Å². The van der Waals surface area contributed by atoms with Crippen molar-refractivity contribution in [3.05, 3.63) is 48.0 Å². The number of fused-ring (bicyclic) bond motifs is 2. The highest BCUT2D eigenvalue weighted by Crippen LogP contribution is 2.31. The largest absolute Gasteiger partial charge is 0.486 e. The van der Waals surface area contributed by atoms with Crippen molar-refractivity contribution in [1.29, 1.82) is 0 Å². The molecule has 2 aromatic rings. The van der Waals surface area contributed by atoms with E-state index in [9.17, 15) is 4.79 Å². The number of benzene rings is 2. The number of hydrazone groups is 1. The van der Waals surface area contributed by atoms with Gasteiger partial charge in [0.1, 0.15) is 19.8 Å². The van der Waals surface area contributed by atoms with Gasteiger partial charge in [-0.1, -0.05) is 12.1 Å². The number of nitrogens with zero attached hydrogens (tertiary/aromatic N) is 1. The molecule has 25 heavy (non-hydrogen) atoms. The molecule has 2 aliphatic rings. The van der Waals surface area contributed by atoms with E-state index in [0.717, 1.165) is 5.56 Å². The van der Waals surface area contributed by atoms with Gasteiger partial charge in [-0.25, -0.2) is 5.43 Å². The summed E-state index contributed by atoms with van der Waals surface area (Å²) in [5, 5.41) is 3.97. The van der Waals surface area contributed by atoms with Crippen LogP contribution in [0.4, 0.5) is 0 Å². The summed E-state index contributed by atoms with van der Waals surface area (Å²) in [6, 6.07) is 12.7. The first-order chi connectivity index (χ1) is 12.3. The number of carbonyl (C=O) groups excluding carboxylic acids is 1. The topological polar surface area (TPSA) is 78.4 Å². The zero-order chi connectivity index (χ0) is 17.1. The molecule has 2 heterocycles. The van der Waals surface area contributed by atoms with Gasteiger partial charge in [0.25, 0.3) is 5.91 Å². The molecule has 2 aliphatic heterocycles. The predicted octanol–water partition coefficient (Wildman–Crippen LogP) is 1.75. The van der Waals surface area contributed by atoms with Crippen LogP contribution < -0.4 is 24.4 Å². The van der Waals surface area contributed by atoms with Crippen molar-refractivity contribution < 1.29 is 23.7 Å². The lowest BCUT2D eigenvalue weighted by Gasteiger charge is -2.24. The zero-order valence-corrected chi connectivity index (χ0v) is 13.3. The van der Waals surface area contributed by atoms with Crippen LogP contribution >= 0.6 is 0 Å². The highest BCUT2D eigenvalue weighted by molar-refractivity contribution is 5.85.